The second-order valence-corrected chi connectivity index (χ2v) is 23.3. The number of hydrogen-bond donors (Lipinski definition) is 3. The van der Waals surface area contributed by atoms with Crippen LogP contribution < -0.4 is 0 Å². The standard InChI is InChI=1S/C54H78O3/c1-34-40(25-37-19-22-46(55)43(28-37)52(13,14)31-49(4,5)6)35(2)42(27-39-21-24-48(57)45(30-39)54(17,18)33-51(10,11)12)36(3)41(34)26-38-20-23-47(56)44(29-38)53(15,16)32-50(7,8)9/h19-24,28-30,55-57H,25-27,31-33H2,1-18H3. The van der Waals surface area contributed by atoms with Crippen molar-refractivity contribution >= 4 is 0 Å². The van der Waals surface area contributed by atoms with Crippen LogP contribution in [0.25, 0.3) is 0 Å². The van der Waals surface area contributed by atoms with Crippen molar-refractivity contribution in [1.29, 1.82) is 0 Å². The summed E-state index contributed by atoms with van der Waals surface area (Å²) >= 11 is 0. The molecule has 312 valence electrons. The summed E-state index contributed by atoms with van der Waals surface area (Å²) in [7, 11) is 0. The van der Waals surface area contributed by atoms with Crippen molar-refractivity contribution in [3.63, 3.8) is 0 Å². The summed E-state index contributed by atoms with van der Waals surface area (Å²) in [4.78, 5) is 0. The van der Waals surface area contributed by atoms with E-state index in [9.17, 15) is 15.3 Å². The molecule has 0 atom stereocenters. The Kier molecular flexibility index (Phi) is 13.0. The van der Waals surface area contributed by atoms with E-state index < -0.39 is 0 Å². The average molecular weight is 775 g/mol. The molecule has 0 unspecified atom stereocenters. The summed E-state index contributed by atoms with van der Waals surface area (Å²) in [6, 6.07) is 18.7. The summed E-state index contributed by atoms with van der Waals surface area (Å²) in [5.41, 5.74) is 14.3. The second kappa shape index (κ2) is 16.1. The molecule has 0 aromatic heterocycles. The van der Waals surface area contributed by atoms with E-state index in [4.69, 9.17) is 0 Å². The minimum absolute atomic E-state index is 0.117. The largest absolute Gasteiger partial charge is 0.508 e. The number of aromatic hydroxyl groups is 3. The van der Waals surface area contributed by atoms with E-state index in [0.717, 1.165) is 55.2 Å². The van der Waals surface area contributed by atoms with Gasteiger partial charge in [-0.05, 0) is 177 Å². The third-order valence-corrected chi connectivity index (χ3v) is 12.1. The van der Waals surface area contributed by atoms with Gasteiger partial charge in [0.1, 0.15) is 17.2 Å². The van der Waals surface area contributed by atoms with Gasteiger partial charge in [-0.25, -0.2) is 0 Å². The van der Waals surface area contributed by atoms with E-state index in [-0.39, 0.29) is 32.5 Å². The highest BCUT2D eigenvalue weighted by Gasteiger charge is 2.33. The van der Waals surface area contributed by atoms with E-state index in [1.54, 1.807) is 0 Å². The third-order valence-electron chi connectivity index (χ3n) is 12.1. The van der Waals surface area contributed by atoms with E-state index in [1.165, 1.54) is 50.1 Å². The van der Waals surface area contributed by atoms with E-state index >= 15 is 0 Å². The van der Waals surface area contributed by atoms with Crippen LogP contribution in [0.3, 0.4) is 0 Å². The zero-order valence-electron chi connectivity index (χ0n) is 39.3. The molecular formula is C54H78O3. The van der Waals surface area contributed by atoms with Gasteiger partial charge in [0.25, 0.3) is 0 Å². The molecule has 3 nitrogen and oxygen atoms in total. The Hall–Kier alpha value is -3.72. The van der Waals surface area contributed by atoms with Crippen molar-refractivity contribution in [2.45, 2.75) is 179 Å². The number of phenols is 3. The maximum absolute atomic E-state index is 11.2. The average Bonchev–Trinajstić information content (AvgIpc) is 3.02. The van der Waals surface area contributed by atoms with Crippen molar-refractivity contribution < 1.29 is 15.3 Å². The number of phenolic OH excluding ortho intramolecular Hbond substituents is 3. The summed E-state index contributed by atoms with van der Waals surface area (Å²) in [5, 5.41) is 33.5. The maximum atomic E-state index is 11.2. The number of hydrogen-bond acceptors (Lipinski definition) is 3. The number of rotatable bonds is 12. The van der Waals surface area contributed by atoms with Crippen LogP contribution in [0.4, 0.5) is 0 Å². The lowest BCUT2D eigenvalue weighted by Gasteiger charge is -2.34. The van der Waals surface area contributed by atoms with Gasteiger partial charge in [-0.1, -0.05) is 140 Å². The van der Waals surface area contributed by atoms with Crippen molar-refractivity contribution in [1.82, 2.24) is 0 Å². The fourth-order valence-corrected chi connectivity index (χ4v) is 10.8. The monoisotopic (exact) mass is 775 g/mol. The lowest BCUT2D eigenvalue weighted by Crippen LogP contribution is -2.25. The lowest BCUT2D eigenvalue weighted by molar-refractivity contribution is 0.278. The molecule has 0 aliphatic carbocycles. The normalized spacial score (nSPS) is 13.4. The summed E-state index contributed by atoms with van der Waals surface area (Å²) in [6.45, 7) is 40.8. The molecule has 0 amide bonds. The first kappa shape index (κ1) is 46.0. The van der Waals surface area contributed by atoms with Crippen LogP contribution in [0.2, 0.25) is 0 Å². The fraction of sp³-hybridized carbons (Fsp3) is 0.556. The molecule has 0 aliphatic heterocycles. The molecule has 4 aromatic rings. The first-order chi connectivity index (χ1) is 25.8. The highest BCUT2D eigenvalue weighted by molar-refractivity contribution is 5.56. The van der Waals surface area contributed by atoms with Gasteiger partial charge in [-0.2, -0.15) is 0 Å². The molecule has 0 saturated carbocycles. The topological polar surface area (TPSA) is 60.7 Å². The molecule has 0 saturated heterocycles. The molecule has 3 N–H and O–H groups in total. The Morgan fingerprint density at radius 3 is 0.754 bits per heavy atom. The van der Waals surface area contributed by atoms with Crippen molar-refractivity contribution in [2.75, 3.05) is 0 Å². The first-order valence-electron chi connectivity index (χ1n) is 21.4. The molecule has 3 heteroatoms. The Balaban J connectivity index is 1.92. The first-order valence-corrected chi connectivity index (χ1v) is 21.4. The zero-order valence-corrected chi connectivity index (χ0v) is 39.3. The molecule has 0 fully saturated rings. The Bertz CT molecular complexity index is 1810. The van der Waals surface area contributed by atoms with Gasteiger partial charge in [-0.15, -0.1) is 0 Å². The van der Waals surface area contributed by atoms with Crippen molar-refractivity contribution in [2.24, 2.45) is 16.2 Å². The predicted molar refractivity (Wildman–Crippen MR) is 245 cm³/mol. The van der Waals surface area contributed by atoms with Gasteiger partial charge < -0.3 is 15.3 Å². The molecule has 4 aromatic carbocycles. The Morgan fingerprint density at radius 1 is 0.351 bits per heavy atom. The minimum atomic E-state index is -0.194. The van der Waals surface area contributed by atoms with Gasteiger partial charge >= 0.3 is 0 Å². The lowest BCUT2D eigenvalue weighted by atomic mass is 9.71. The van der Waals surface area contributed by atoms with Crippen LogP contribution in [0.5, 0.6) is 17.2 Å². The molecule has 0 aliphatic rings. The molecule has 0 bridgehead atoms. The Morgan fingerprint density at radius 2 is 0.561 bits per heavy atom. The van der Waals surface area contributed by atoms with Gasteiger partial charge in [-0.3, -0.25) is 0 Å². The number of benzene rings is 4. The van der Waals surface area contributed by atoms with Crippen LogP contribution >= 0.6 is 0 Å². The van der Waals surface area contributed by atoms with Crippen LogP contribution in [0.1, 0.15) is 190 Å². The van der Waals surface area contributed by atoms with E-state index in [2.05, 4.69) is 161 Å². The SMILES string of the molecule is Cc1c(Cc2ccc(O)c(C(C)(C)CC(C)(C)C)c2)c(C)c(Cc2ccc(O)c(C(C)(C)CC(C)(C)C)c2)c(C)c1Cc1ccc(O)c(C(C)(C)CC(C)(C)C)c1. The highest BCUT2D eigenvalue weighted by atomic mass is 16.3. The maximum Gasteiger partial charge on any atom is 0.119 e. The molecule has 0 spiro atoms. The van der Waals surface area contributed by atoms with Crippen molar-refractivity contribution in [3.8, 4) is 17.2 Å². The van der Waals surface area contributed by atoms with Crippen LogP contribution in [-0.2, 0) is 35.5 Å². The summed E-state index contributed by atoms with van der Waals surface area (Å²) < 4.78 is 0. The van der Waals surface area contributed by atoms with E-state index in [1.807, 2.05) is 18.2 Å². The van der Waals surface area contributed by atoms with Crippen LogP contribution in [0, 0.1) is 37.0 Å². The molecule has 57 heavy (non-hydrogen) atoms. The third kappa shape index (κ3) is 11.5. The minimum Gasteiger partial charge on any atom is -0.508 e. The molecular weight excluding hydrogens is 697 g/mol. The predicted octanol–water partition coefficient (Wildman–Crippen LogP) is 14.6. The van der Waals surface area contributed by atoms with Gasteiger partial charge in [0.05, 0.1) is 0 Å². The van der Waals surface area contributed by atoms with E-state index in [0.29, 0.717) is 17.2 Å². The highest BCUT2D eigenvalue weighted by Crippen LogP contribution is 2.44. The summed E-state index contributed by atoms with van der Waals surface area (Å²) in [6.07, 6.45) is 5.14. The second-order valence-electron chi connectivity index (χ2n) is 23.3. The van der Waals surface area contributed by atoms with Crippen LogP contribution in [0.15, 0.2) is 54.6 Å². The van der Waals surface area contributed by atoms with Gasteiger partial charge in [0, 0.05) is 0 Å². The molecule has 4 rings (SSSR count). The molecule has 0 heterocycles. The zero-order chi connectivity index (χ0) is 43.3. The smallest absolute Gasteiger partial charge is 0.119 e. The van der Waals surface area contributed by atoms with Gasteiger partial charge in [0.15, 0.2) is 0 Å². The molecule has 0 radical (unpaired) electrons. The quantitative estimate of drug-likeness (QED) is 0.134. The van der Waals surface area contributed by atoms with Crippen molar-refractivity contribution in [3.05, 3.63) is 121 Å². The fourth-order valence-electron chi connectivity index (χ4n) is 10.8. The van der Waals surface area contributed by atoms with Gasteiger partial charge in [0.2, 0.25) is 0 Å². The summed E-state index contributed by atoms with van der Waals surface area (Å²) in [5.74, 6) is 1.09. The Labute approximate surface area is 348 Å². The van der Waals surface area contributed by atoms with Crippen LogP contribution in [-0.4, -0.2) is 15.3 Å².